The van der Waals surface area contributed by atoms with Gasteiger partial charge >= 0.3 is 5.97 Å². The van der Waals surface area contributed by atoms with E-state index in [0.29, 0.717) is 45.9 Å². The average molecular weight is 1210 g/mol. The number of fused-ring (bicyclic) bond motifs is 14. The van der Waals surface area contributed by atoms with Crippen molar-refractivity contribution in [2.45, 2.75) is 215 Å². The van der Waals surface area contributed by atoms with E-state index in [1.807, 2.05) is 31.2 Å². The van der Waals surface area contributed by atoms with Gasteiger partial charge in [-0.3, -0.25) is 14.6 Å². The van der Waals surface area contributed by atoms with Crippen molar-refractivity contribution in [3.8, 4) is 17.2 Å². The first kappa shape index (κ1) is 60.4. The molecule has 3 saturated carbocycles. The molecule has 3 aliphatic carbocycles. The predicted octanol–water partition coefficient (Wildman–Crippen LogP) is 15.7. The fourth-order valence-electron chi connectivity index (χ4n) is 17.6. The van der Waals surface area contributed by atoms with E-state index in [4.69, 9.17) is 14.2 Å². The lowest BCUT2D eigenvalue weighted by Crippen LogP contribution is -2.47. The second kappa shape index (κ2) is 24.4. The fourth-order valence-corrected chi connectivity index (χ4v) is 18.0. The number of allylic oxidation sites excluding steroid dienone is 1. The normalized spacial score (nSPS) is 23.6. The minimum Gasteiger partial charge on any atom is -0.691 e. The second-order valence-electron chi connectivity index (χ2n) is 27.7. The van der Waals surface area contributed by atoms with E-state index >= 15 is 0 Å². The van der Waals surface area contributed by atoms with E-state index < -0.39 is 11.6 Å². The third kappa shape index (κ3) is 11.0. The molecule has 3 fully saturated rings. The number of hydrogen-bond acceptors (Lipinski definition) is 12. The SMILES string of the molecule is C1CCC(B(C2CCCCC2)C2CCCCC2)CC1.CC(=O)Cc1ccc2c(c1)C(C)(C)C1=C3C=C4C5=[N+](CCC4OC3CCN12)c1ccc(SOO[O-])cc1C5(C)C.CC(=O)Nc1ccc2c(c1)C(=O)OC21c2ccc(C)cc2Oc2cc(O)ccc21. The maximum atomic E-state index is 12.9. The van der Waals surface area contributed by atoms with Crippen LogP contribution in [0.15, 0.2) is 119 Å². The van der Waals surface area contributed by atoms with Crippen molar-refractivity contribution in [2.75, 3.05) is 23.3 Å². The molecule has 7 aliphatic heterocycles. The monoisotopic (exact) mass is 1210 g/mol. The summed E-state index contributed by atoms with van der Waals surface area (Å²) in [6.07, 6.45) is 28.3. The van der Waals surface area contributed by atoms with Gasteiger partial charge in [-0.15, -0.1) is 0 Å². The number of esters is 1. The van der Waals surface area contributed by atoms with E-state index in [1.54, 1.807) is 114 Å². The molecule has 2 N–H and O–H groups in total. The molecule has 0 bridgehead atoms. The molecule has 460 valence electrons. The number of carbonyl (C=O) groups excluding carboxylic acids is 3. The van der Waals surface area contributed by atoms with Gasteiger partial charge in [-0.25, -0.2) is 4.79 Å². The molecule has 3 unspecified atom stereocenters. The van der Waals surface area contributed by atoms with E-state index in [0.717, 1.165) is 78.2 Å². The predicted molar refractivity (Wildman–Crippen MR) is 343 cm³/mol. The molecule has 0 radical (unpaired) electrons. The summed E-state index contributed by atoms with van der Waals surface area (Å²) in [5, 5.41) is 26.6. The summed E-state index contributed by atoms with van der Waals surface area (Å²) in [5.41, 5.74) is 13.4. The number of ether oxygens (including phenoxy) is 3. The van der Waals surface area contributed by atoms with Crippen molar-refractivity contribution < 1.29 is 52.9 Å². The lowest BCUT2D eigenvalue weighted by atomic mass is 9.24. The van der Waals surface area contributed by atoms with E-state index in [9.17, 15) is 24.7 Å². The van der Waals surface area contributed by atoms with E-state index in [1.165, 1.54) is 77.3 Å². The van der Waals surface area contributed by atoms with Crippen molar-refractivity contribution >= 4 is 59.2 Å². The van der Waals surface area contributed by atoms with Crippen LogP contribution in [0, 0.1) is 6.92 Å². The molecular formula is C73H84BN3O10S. The average Bonchev–Trinajstić information content (AvgIpc) is 1.48. The van der Waals surface area contributed by atoms with Crippen LogP contribution in [0.4, 0.5) is 17.1 Å². The van der Waals surface area contributed by atoms with E-state index in [-0.39, 0.29) is 40.5 Å². The number of carbonyl (C=O) groups is 3. The Morgan fingerprint density at radius 3 is 2.05 bits per heavy atom. The molecule has 0 saturated heterocycles. The summed E-state index contributed by atoms with van der Waals surface area (Å²) in [5.74, 6) is 3.89. The number of anilines is 2. The Kier molecular flexibility index (Phi) is 16.7. The molecule has 15 rings (SSSR count). The van der Waals surface area contributed by atoms with Crippen molar-refractivity contribution in [2.24, 2.45) is 0 Å². The third-order valence-corrected chi connectivity index (χ3v) is 21.8. The Hall–Kier alpha value is -6.49. The Morgan fingerprint density at radius 1 is 0.727 bits per heavy atom. The number of rotatable bonds is 9. The van der Waals surface area contributed by atoms with Gasteiger partial charge < -0.3 is 34.8 Å². The lowest BCUT2D eigenvalue weighted by molar-refractivity contribution is -0.777. The van der Waals surface area contributed by atoms with Crippen molar-refractivity contribution in [3.63, 3.8) is 0 Å². The van der Waals surface area contributed by atoms with Crippen LogP contribution in [-0.2, 0) is 51.3 Å². The zero-order valence-electron chi connectivity index (χ0n) is 52.3. The first-order valence-corrected chi connectivity index (χ1v) is 33.4. The van der Waals surface area contributed by atoms with Gasteiger partial charge in [0.15, 0.2) is 17.9 Å². The molecular weight excluding hydrogens is 1120 g/mol. The molecule has 0 aromatic heterocycles. The van der Waals surface area contributed by atoms with Crippen LogP contribution in [0.2, 0.25) is 17.5 Å². The number of benzene rings is 5. The van der Waals surface area contributed by atoms with Crippen LogP contribution in [0.5, 0.6) is 17.2 Å². The molecule has 7 heterocycles. The van der Waals surface area contributed by atoms with Crippen molar-refractivity contribution in [3.05, 3.63) is 158 Å². The molecule has 10 aliphatic rings. The zero-order valence-corrected chi connectivity index (χ0v) is 53.1. The molecule has 88 heavy (non-hydrogen) atoms. The number of amides is 1. The summed E-state index contributed by atoms with van der Waals surface area (Å²) in [6.45, 7) is 17.1. The number of phenolic OH excluding ortho intramolecular Hbond substituents is 1. The van der Waals surface area contributed by atoms with Crippen LogP contribution >= 0.6 is 12.0 Å². The van der Waals surface area contributed by atoms with Gasteiger partial charge in [-0.1, -0.05) is 158 Å². The number of nitrogens with zero attached hydrogens (tertiary/aromatic N) is 2. The summed E-state index contributed by atoms with van der Waals surface area (Å²) < 4.78 is 26.1. The second-order valence-corrected chi connectivity index (χ2v) is 28.5. The molecule has 13 nitrogen and oxygen atoms in total. The van der Waals surface area contributed by atoms with Gasteiger partial charge in [0.05, 0.1) is 35.2 Å². The van der Waals surface area contributed by atoms with Crippen LogP contribution in [0.1, 0.15) is 200 Å². The van der Waals surface area contributed by atoms with Gasteiger partial charge in [0.1, 0.15) is 29.7 Å². The third-order valence-electron chi connectivity index (χ3n) is 21.3. The summed E-state index contributed by atoms with van der Waals surface area (Å²) in [4.78, 5) is 39.5. The maximum absolute atomic E-state index is 12.9. The highest BCUT2D eigenvalue weighted by Gasteiger charge is 2.56. The molecule has 5 aromatic carbocycles. The van der Waals surface area contributed by atoms with Gasteiger partial charge in [-0.2, -0.15) is 8.91 Å². The molecule has 15 heteroatoms. The highest BCUT2D eigenvalue weighted by Crippen LogP contribution is 2.59. The minimum absolute atomic E-state index is 0.0561. The summed E-state index contributed by atoms with van der Waals surface area (Å²) >= 11 is 0.933. The Balaban J connectivity index is 0.000000130. The van der Waals surface area contributed by atoms with Gasteiger partial charge in [0, 0.05) is 99.2 Å². The standard InChI is InChI=1S/C32H34N2O5S.C23H17NO5.C18H33B/c1-18(35)14-19-6-8-25-23(15-19)31(2,3)29-21-17-22-28(37-27(21)10-12-33(25)29)11-13-34-26-9-7-20(40-39-38-36)16-24(26)32(4,5)30(22)34;1-12-3-6-18-20(9-12)28-21-11-15(26)5-8-19(21)23(18)17-7-4-14(24-13(2)25)10-16(17)22(27)29-23;1-4-10-16(11-5-1)19(17-12-6-2-7-13-17)18-14-8-3-9-15-18/h6-9,15-17,27-28H,10-14H2,1-5H3;3-11,26H,1-2H3,(H,24,25);16-18H,1-15H2. The first-order valence-electron chi connectivity index (χ1n) is 32.7. The Labute approximate surface area is 523 Å². The van der Waals surface area contributed by atoms with Crippen LogP contribution in [0.25, 0.3) is 0 Å². The number of aryl methyl sites for hydroxylation is 1. The lowest BCUT2D eigenvalue weighted by Gasteiger charge is -2.42. The Morgan fingerprint density at radius 2 is 1.39 bits per heavy atom. The quantitative estimate of drug-likeness (QED) is 0.0360. The van der Waals surface area contributed by atoms with Crippen LogP contribution < -0.4 is 20.2 Å². The summed E-state index contributed by atoms with van der Waals surface area (Å²) in [6, 6.07) is 28.4. The van der Waals surface area contributed by atoms with Gasteiger partial charge in [-0.05, 0) is 105 Å². The van der Waals surface area contributed by atoms with Crippen molar-refractivity contribution in [1.82, 2.24) is 0 Å². The van der Waals surface area contributed by atoms with E-state index in [2.05, 4.69) is 88.3 Å². The minimum atomic E-state index is -1.19. The molecule has 1 spiro atoms. The van der Waals surface area contributed by atoms with Crippen LogP contribution in [0.3, 0.4) is 0 Å². The number of hydrogen-bond donors (Lipinski definition) is 2. The Bertz CT molecular complexity index is 3590. The first-order chi connectivity index (χ1) is 42.4. The number of ketones is 1. The van der Waals surface area contributed by atoms with Gasteiger partial charge in [0.2, 0.25) is 11.6 Å². The fraction of sp³-hybridized carbons (Fsp3) is 0.479. The largest absolute Gasteiger partial charge is 0.691 e. The highest BCUT2D eigenvalue weighted by atomic mass is 32.2. The molecule has 3 atom stereocenters. The molecule has 1 amide bonds. The number of nitrogens with one attached hydrogen (secondary N) is 1. The summed E-state index contributed by atoms with van der Waals surface area (Å²) in [7, 11) is 0. The highest BCUT2D eigenvalue weighted by molar-refractivity contribution is 7.94. The number of phenols is 1. The van der Waals surface area contributed by atoms with Crippen molar-refractivity contribution in [1.29, 1.82) is 0 Å². The topological polar surface area (TPSA) is 159 Å². The van der Waals surface area contributed by atoms with Crippen LogP contribution in [-0.4, -0.2) is 65.1 Å². The zero-order chi connectivity index (χ0) is 61.2. The number of aromatic hydroxyl groups is 1. The van der Waals surface area contributed by atoms with Gasteiger partial charge in [0.25, 0.3) is 0 Å². The molecule has 5 aromatic rings. The smallest absolute Gasteiger partial charge is 0.340 e. The maximum Gasteiger partial charge on any atom is 0.340 e. The number of Topliss-reactive ketones (excluding diaryl/α,β-unsaturated/α-hetero) is 1.